The van der Waals surface area contributed by atoms with Gasteiger partial charge < -0.3 is 16.4 Å². The third kappa shape index (κ3) is 3.66. The van der Waals surface area contributed by atoms with E-state index in [1.54, 1.807) is 0 Å². The van der Waals surface area contributed by atoms with E-state index in [2.05, 4.69) is 15.6 Å². The standard InChI is InChI=1S/C14H20N4OS/c1-8-7-9(2)18-13(11(8)12(15)20)16-5-6-17-14(19)10-3-4-10/h7,10H,3-6H2,1-2H3,(H2,15,20)(H,16,18)(H,17,19). The lowest BCUT2D eigenvalue weighted by Gasteiger charge is -2.14. The number of nitrogens with zero attached hydrogens (tertiary/aromatic N) is 1. The monoisotopic (exact) mass is 292 g/mol. The van der Waals surface area contributed by atoms with Crippen LogP contribution >= 0.6 is 12.2 Å². The van der Waals surface area contributed by atoms with Gasteiger partial charge in [-0.3, -0.25) is 4.79 Å². The molecule has 1 fully saturated rings. The van der Waals surface area contributed by atoms with E-state index in [-0.39, 0.29) is 11.8 Å². The topological polar surface area (TPSA) is 80.0 Å². The van der Waals surface area contributed by atoms with Crippen LogP contribution in [-0.2, 0) is 4.79 Å². The van der Waals surface area contributed by atoms with E-state index in [1.165, 1.54) is 0 Å². The minimum Gasteiger partial charge on any atom is -0.389 e. The van der Waals surface area contributed by atoms with E-state index in [0.29, 0.717) is 23.9 Å². The van der Waals surface area contributed by atoms with Gasteiger partial charge in [0.15, 0.2) is 0 Å². The van der Waals surface area contributed by atoms with Crippen LogP contribution in [0.1, 0.15) is 29.7 Å². The highest BCUT2D eigenvalue weighted by Crippen LogP contribution is 2.28. The zero-order valence-electron chi connectivity index (χ0n) is 11.8. The number of nitrogens with two attached hydrogens (primary N) is 1. The van der Waals surface area contributed by atoms with Crippen LogP contribution in [0.2, 0.25) is 0 Å². The predicted octanol–water partition coefficient (Wildman–Crippen LogP) is 1.27. The van der Waals surface area contributed by atoms with Crippen molar-refractivity contribution in [2.45, 2.75) is 26.7 Å². The van der Waals surface area contributed by atoms with Gasteiger partial charge in [0, 0.05) is 24.7 Å². The summed E-state index contributed by atoms with van der Waals surface area (Å²) in [5.74, 6) is 1.08. The lowest BCUT2D eigenvalue weighted by atomic mass is 10.1. The normalized spacial score (nSPS) is 13.9. The molecule has 0 unspecified atom stereocenters. The Hall–Kier alpha value is -1.69. The molecule has 20 heavy (non-hydrogen) atoms. The average molecular weight is 292 g/mol. The van der Waals surface area contributed by atoms with Crippen molar-refractivity contribution in [3.63, 3.8) is 0 Å². The molecule has 1 aromatic heterocycles. The number of amides is 1. The number of hydrogen-bond acceptors (Lipinski definition) is 4. The number of nitrogens with one attached hydrogen (secondary N) is 2. The van der Waals surface area contributed by atoms with Crippen molar-refractivity contribution < 1.29 is 4.79 Å². The second-order valence-electron chi connectivity index (χ2n) is 5.16. The van der Waals surface area contributed by atoms with Crippen molar-refractivity contribution in [1.29, 1.82) is 0 Å². The summed E-state index contributed by atoms with van der Waals surface area (Å²) in [5, 5.41) is 6.10. The first-order chi connectivity index (χ1) is 9.49. The Bertz CT molecular complexity index is 540. The Labute approximate surface area is 124 Å². The van der Waals surface area contributed by atoms with Crippen LogP contribution in [0, 0.1) is 19.8 Å². The summed E-state index contributed by atoms with van der Waals surface area (Å²) >= 11 is 5.07. The highest BCUT2D eigenvalue weighted by Gasteiger charge is 2.28. The number of hydrogen-bond donors (Lipinski definition) is 3. The molecule has 1 amide bonds. The van der Waals surface area contributed by atoms with Crippen molar-refractivity contribution in [3.05, 3.63) is 22.9 Å². The number of aromatic nitrogens is 1. The quantitative estimate of drug-likeness (QED) is 0.543. The summed E-state index contributed by atoms with van der Waals surface area (Å²) in [6, 6.07) is 1.95. The van der Waals surface area contributed by atoms with Gasteiger partial charge in [0.1, 0.15) is 10.8 Å². The van der Waals surface area contributed by atoms with Crippen molar-refractivity contribution in [1.82, 2.24) is 10.3 Å². The van der Waals surface area contributed by atoms with Crippen molar-refractivity contribution >= 4 is 28.9 Å². The molecule has 1 aliphatic rings. The highest BCUT2D eigenvalue weighted by atomic mass is 32.1. The molecule has 1 heterocycles. The zero-order chi connectivity index (χ0) is 14.7. The largest absolute Gasteiger partial charge is 0.389 e. The van der Waals surface area contributed by atoms with Crippen LogP contribution in [0.4, 0.5) is 5.82 Å². The van der Waals surface area contributed by atoms with E-state index in [1.807, 2.05) is 19.9 Å². The molecule has 0 bridgehead atoms. The molecule has 108 valence electrons. The summed E-state index contributed by atoms with van der Waals surface area (Å²) < 4.78 is 0. The maximum atomic E-state index is 11.5. The van der Waals surface area contributed by atoms with Crippen LogP contribution in [0.15, 0.2) is 6.07 Å². The number of thiocarbonyl (C=S) groups is 1. The van der Waals surface area contributed by atoms with E-state index in [4.69, 9.17) is 18.0 Å². The molecule has 0 saturated heterocycles. The summed E-state index contributed by atoms with van der Waals surface area (Å²) in [7, 11) is 0. The summed E-state index contributed by atoms with van der Waals surface area (Å²) in [6.45, 7) is 5.06. The summed E-state index contributed by atoms with van der Waals surface area (Å²) in [5.41, 5.74) is 8.44. The number of pyridine rings is 1. The highest BCUT2D eigenvalue weighted by molar-refractivity contribution is 7.80. The summed E-state index contributed by atoms with van der Waals surface area (Å²) in [6.07, 6.45) is 2.03. The molecule has 1 aromatic rings. The fourth-order valence-electron chi connectivity index (χ4n) is 2.13. The van der Waals surface area contributed by atoms with Crippen molar-refractivity contribution in [3.8, 4) is 0 Å². The molecule has 4 N–H and O–H groups in total. The van der Waals surface area contributed by atoms with Gasteiger partial charge in [-0.25, -0.2) is 4.98 Å². The van der Waals surface area contributed by atoms with E-state index in [9.17, 15) is 4.79 Å². The second-order valence-corrected chi connectivity index (χ2v) is 5.60. The number of anilines is 1. The smallest absolute Gasteiger partial charge is 0.223 e. The molecule has 6 heteroatoms. The minimum atomic E-state index is 0.148. The molecule has 0 atom stereocenters. The van der Waals surface area contributed by atoms with Crippen molar-refractivity contribution in [2.75, 3.05) is 18.4 Å². The molecule has 0 spiro atoms. The first-order valence-corrected chi connectivity index (χ1v) is 7.19. The first-order valence-electron chi connectivity index (χ1n) is 6.78. The van der Waals surface area contributed by atoms with Crippen LogP contribution in [0.25, 0.3) is 0 Å². The van der Waals surface area contributed by atoms with Gasteiger partial charge in [0.25, 0.3) is 0 Å². The molecule has 1 aliphatic carbocycles. The fraction of sp³-hybridized carbons (Fsp3) is 0.500. The molecule has 1 saturated carbocycles. The van der Waals surface area contributed by atoms with Gasteiger partial charge >= 0.3 is 0 Å². The van der Waals surface area contributed by atoms with Crippen LogP contribution in [0.3, 0.4) is 0 Å². The Morgan fingerprint density at radius 2 is 2.15 bits per heavy atom. The van der Waals surface area contributed by atoms with Gasteiger partial charge in [-0.1, -0.05) is 12.2 Å². The van der Waals surface area contributed by atoms with E-state index >= 15 is 0 Å². The zero-order valence-corrected chi connectivity index (χ0v) is 12.6. The first kappa shape index (κ1) is 14.7. The van der Waals surface area contributed by atoms with Crippen LogP contribution in [-0.4, -0.2) is 29.0 Å². The van der Waals surface area contributed by atoms with Crippen LogP contribution in [0.5, 0.6) is 0 Å². The average Bonchev–Trinajstić information content (AvgIpc) is 3.16. The van der Waals surface area contributed by atoms with Gasteiger partial charge in [-0.2, -0.15) is 0 Å². The third-order valence-electron chi connectivity index (χ3n) is 3.26. The Kier molecular flexibility index (Phi) is 4.54. The summed E-state index contributed by atoms with van der Waals surface area (Å²) in [4.78, 5) is 16.3. The Morgan fingerprint density at radius 1 is 1.45 bits per heavy atom. The second kappa shape index (κ2) is 6.17. The predicted molar refractivity (Wildman–Crippen MR) is 83.8 cm³/mol. The van der Waals surface area contributed by atoms with Crippen molar-refractivity contribution in [2.24, 2.45) is 11.7 Å². The number of carbonyl (C=O) groups excluding carboxylic acids is 1. The molecule has 0 radical (unpaired) electrons. The SMILES string of the molecule is Cc1cc(C)c(C(N)=S)c(NCCNC(=O)C2CC2)n1. The lowest BCUT2D eigenvalue weighted by Crippen LogP contribution is -2.30. The Morgan fingerprint density at radius 3 is 2.75 bits per heavy atom. The van der Waals surface area contributed by atoms with Gasteiger partial charge in [-0.05, 0) is 38.3 Å². The number of carbonyl (C=O) groups is 1. The lowest BCUT2D eigenvalue weighted by molar-refractivity contribution is -0.122. The molecule has 2 rings (SSSR count). The fourth-order valence-corrected chi connectivity index (χ4v) is 2.39. The number of aryl methyl sites for hydroxylation is 2. The number of rotatable bonds is 6. The van der Waals surface area contributed by atoms with Crippen LogP contribution < -0.4 is 16.4 Å². The van der Waals surface area contributed by atoms with E-state index < -0.39 is 0 Å². The molecule has 0 aliphatic heterocycles. The van der Waals surface area contributed by atoms with Gasteiger partial charge in [0.2, 0.25) is 5.91 Å². The molecule has 0 aromatic carbocycles. The third-order valence-corrected chi connectivity index (χ3v) is 3.46. The van der Waals surface area contributed by atoms with E-state index in [0.717, 1.165) is 29.7 Å². The van der Waals surface area contributed by atoms with Gasteiger partial charge in [-0.15, -0.1) is 0 Å². The maximum absolute atomic E-state index is 11.5. The molecular formula is C14H20N4OS. The van der Waals surface area contributed by atoms with Gasteiger partial charge in [0.05, 0.1) is 5.56 Å². The molecular weight excluding hydrogens is 272 g/mol. The molecule has 5 nitrogen and oxygen atoms in total. The maximum Gasteiger partial charge on any atom is 0.223 e. The Balaban J connectivity index is 1.94. The minimum absolute atomic E-state index is 0.148.